The van der Waals surface area contributed by atoms with Gasteiger partial charge in [0.15, 0.2) is 5.69 Å². The predicted octanol–water partition coefficient (Wildman–Crippen LogP) is 4.51. The van der Waals surface area contributed by atoms with Gasteiger partial charge < -0.3 is 15.4 Å². The normalized spacial score (nSPS) is 10.9. The molecule has 174 valence electrons. The van der Waals surface area contributed by atoms with Crippen LogP contribution in [0.2, 0.25) is 0 Å². The average Bonchev–Trinajstić information content (AvgIpc) is 3.26. The number of anilines is 1. The fourth-order valence-corrected chi connectivity index (χ4v) is 3.78. The third-order valence-corrected chi connectivity index (χ3v) is 5.77. The molecule has 4 rings (SSSR count). The molecule has 0 spiro atoms. The Bertz CT molecular complexity index is 1330. The quantitative estimate of drug-likeness (QED) is 0.332. The van der Waals surface area contributed by atoms with Crippen LogP contribution in [-0.4, -0.2) is 46.8 Å². The number of hydrogen-bond acceptors (Lipinski definition) is 5. The van der Waals surface area contributed by atoms with Crippen molar-refractivity contribution in [1.82, 2.24) is 20.1 Å². The van der Waals surface area contributed by atoms with E-state index in [1.165, 1.54) is 0 Å². The Morgan fingerprint density at radius 1 is 1.09 bits per heavy atom. The molecule has 34 heavy (non-hydrogen) atoms. The van der Waals surface area contributed by atoms with Gasteiger partial charge in [-0.05, 0) is 31.2 Å². The Kier molecular flexibility index (Phi) is 7.34. The third-order valence-electron chi connectivity index (χ3n) is 5.24. The number of nitrogens with zero attached hydrogens (tertiary/aromatic N) is 3. The maximum absolute atomic E-state index is 13.5. The Hall–Kier alpha value is -3.56. The number of nitrogens with one attached hydrogen (secondary N) is 2. The maximum atomic E-state index is 13.5. The van der Waals surface area contributed by atoms with Crippen LogP contribution in [0.1, 0.15) is 27.8 Å². The minimum atomic E-state index is -0.380. The van der Waals surface area contributed by atoms with Crippen molar-refractivity contribution in [3.63, 3.8) is 0 Å². The van der Waals surface area contributed by atoms with Gasteiger partial charge in [0, 0.05) is 41.8 Å². The van der Waals surface area contributed by atoms with Gasteiger partial charge in [-0.2, -0.15) is 5.10 Å². The lowest BCUT2D eigenvalue weighted by Gasteiger charge is -2.11. The zero-order chi connectivity index (χ0) is 24.1. The van der Waals surface area contributed by atoms with E-state index >= 15 is 0 Å². The predicted molar refractivity (Wildman–Crippen MR) is 135 cm³/mol. The highest BCUT2D eigenvalue weighted by Crippen LogP contribution is 2.27. The van der Waals surface area contributed by atoms with Crippen LogP contribution in [0, 0.1) is 0 Å². The highest BCUT2D eigenvalue weighted by molar-refractivity contribution is 9.10. The van der Waals surface area contributed by atoms with E-state index in [0.29, 0.717) is 42.2 Å². The molecule has 2 heterocycles. The molecular formula is C25H24BrN5O3. The van der Waals surface area contributed by atoms with Gasteiger partial charge in [0.2, 0.25) is 0 Å². The van der Waals surface area contributed by atoms with Gasteiger partial charge in [-0.1, -0.05) is 46.3 Å². The van der Waals surface area contributed by atoms with Crippen LogP contribution in [0.5, 0.6) is 0 Å². The number of benzene rings is 2. The number of fused-ring (bicyclic) bond motifs is 1. The molecule has 9 heteroatoms. The monoisotopic (exact) mass is 521 g/mol. The number of aromatic nitrogens is 3. The minimum absolute atomic E-state index is 0.151. The zero-order valence-electron chi connectivity index (χ0n) is 18.8. The lowest BCUT2D eigenvalue weighted by molar-refractivity contribution is 0.0932. The Morgan fingerprint density at radius 3 is 2.59 bits per heavy atom. The van der Waals surface area contributed by atoms with Crippen molar-refractivity contribution in [2.75, 3.05) is 25.6 Å². The van der Waals surface area contributed by atoms with Crippen molar-refractivity contribution in [1.29, 1.82) is 0 Å². The van der Waals surface area contributed by atoms with Gasteiger partial charge in [0.05, 0.1) is 29.1 Å². The van der Waals surface area contributed by atoms with Gasteiger partial charge in [-0.25, -0.2) is 4.98 Å². The second kappa shape index (κ2) is 10.6. The molecule has 2 aromatic heterocycles. The summed E-state index contributed by atoms with van der Waals surface area (Å²) in [7, 11) is 1.56. The first-order chi connectivity index (χ1) is 16.5. The van der Waals surface area contributed by atoms with Crippen molar-refractivity contribution in [2.24, 2.45) is 0 Å². The average molecular weight is 522 g/mol. The summed E-state index contributed by atoms with van der Waals surface area (Å²) in [5.41, 5.74) is 3.22. The number of amides is 2. The number of pyridine rings is 1. The van der Waals surface area contributed by atoms with Crippen LogP contribution < -0.4 is 10.6 Å². The topological polar surface area (TPSA) is 98.1 Å². The van der Waals surface area contributed by atoms with E-state index in [-0.39, 0.29) is 17.5 Å². The van der Waals surface area contributed by atoms with Crippen molar-refractivity contribution >= 4 is 44.3 Å². The lowest BCUT2D eigenvalue weighted by atomic mass is 10.0. The van der Waals surface area contributed by atoms with Crippen LogP contribution in [0.15, 0.2) is 65.3 Å². The molecule has 0 aliphatic carbocycles. The molecule has 0 aliphatic heterocycles. The number of methoxy groups -OCH3 is 1. The molecule has 0 saturated heterocycles. The van der Waals surface area contributed by atoms with E-state index in [9.17, 15) is 9.59 Å². The highest BCUT2D eigenvalue weighted by Gasteiger charge is 2.21. The van der Waals surface area contributed by atoms with Crippen LogP contribution in [0.4, 0.5) is 5.69 Å². The molecule has 8 nitrogen and oxygen atoms in total. The van der Waals surface area contributed by atoms with E-state index in [1.54, 1.807) is 24.1 Å². The van der Waals surface area contributed by atoms with Crippen LogP contribution in [0.3, 0.4) is 0 Å². The van der Waals surface area contributed by atoms with E-state index in [4.69, 9.17) is 9.72 Å². The van der Waals surface area contributed by atoms with E-state index < -0.39 is 0 Å². The van der Waals surface area contributed by atoms with Gasteiger partial charge >= 0.3 is 0 Å². The van der Waals surface area contributed by atoms with Crippen molar-refractivity contribution in [3.8, 4) is 11.3 Å². The van der Waals surface area contributed by atoms with Gasteiger partial charge in [0.1, 0.15) is 0 Å². The SMILES string of the molecule is CCn1cc(NC(=O)c2cc(-c3ccc(Br)cc3)nc3ccccc23)c(C(=O)NCCOC)n1. The summed E-state index contributed by atoms with van der Waals surface area (Å²) < 4.78 is 7.55. The number of halogens is 1. The largest absolute Gasteiger partial charge is 0.383 e. The first-order valence-electron chi connectivity index (χ1n) is 10.8. The Morgan fingerprint density at radius 2 is 1.85 bits per heavy atom. The van der Waals surface area contributed by atoms with Crippen molar-refractivity contribution in [2.45, 2.75) is 13.5 Å². The first-order valence-corrected chi connectivity index (χ1v) is 11.6. The second-order valence-electron chi connectivity index (χ2n) is 7.53. The molecule has 0 fully saturated rings. The summed E-state index contributed by atoms with van der Waals surface area (Å²) in [4.78, 5) is 30.9. The summed E-state index contributed by atoms with van der Waals surface area (Å²) in [5, 5.41) is 10.7. The second-order valence-corrected chi connectivity index (χ2v) is 8.44. The maximum Gasteiger partial charge on any atom is 0.274 e. The number of carbonyl (C=O) groups is 2. The van der Waals surface area contributed by atoms with Crippen molar-refractivity contribution in [3.05, 3.63) is 76.5 Å². The molecule has 0 aliphatic rings. The molecule has 4 aromatic rings. The summed E-state index contributed by atoms with van der Waals surface area (Å²) in [6.45, 7) is 3.18. The van der Waals surface area contributed by atoms with Crippen LogP contribution >= 0.6 is 15.9 Å². The molecule has 0 atom stereocenters. The number of hydrogen-bond donors (Lipinski definition) is 2. The summed E-state index contributed by atoms with van der Waals surface area (Å²) in [6, 6.07) is 17.0. The molecule has 0 saturated carbocycles. The Balaban J connectivity index is 1.70. The molecule has 0 unspecified atom stereocenters. The Labute approximate surface area is 205 Å². The lowest BCUT2D eigenvalue weighted by Crippen LogP contribution is -2.28. The molecule has 2 aromatic carbocycles. The molecule has 2 N–H and O–H groups in total. The minimum Gasteiger partial charge on any atom is -0.383 e. The van der Waals surface area contributed by atoms with Crippen molar-refractivity contribution < 1.29 is 14.3 Å². The number of ether oxygens (including phenoxy) is 1. The summed E-state index contributed by atoms with van der Waals surface area (Å²) >= 11 is 3.45. The molecule has 2 amide bonds. The summed E-state index contributed by atoms with van der Waals surface area (Å²) in [6.07, 6.45) is 1.65. The molecule has 0 radical (unpaired) electrons. The van der Waals surface area contributed by atoms with E-state index in [2.05, 4.69) is 31.7 Å². The fourth-order valence-electron chi connectivity index (χ4n) is 3.51. The summed E-state index contributed by atoms with van der Waals surface area (Å²) in [5.74, 6) is -0.728. The van der Waals surface area contributed by atoms with Gasteiger partial charge in [0.25, 0.3) is 11.8 Å². The van der Waals surface area contributed by atoms with Crippen LogP contribution in [-0.2, 0) is 11.3 Å². The number of aryl methyl sites for hydroxylation is 1. The van der Waals surface area contributed by atoms with Gasteiger partial charge in [-0.3, -0.25) is 14.3 Å². The fraction of sp³-hybridized carbons (Fsp3) is 0.200. The number of rotatable bonds is 8. The highest BCUT2D eigenvalue weighted by atomic mass is 79.9. The standard InChI is InChI=1S/C25H24BrN5O3/c1-3-31-15-22(23(30-31)25(33)27-12-13-34-2)29-24(32)19-14-21(16-8-10-17(26)11-9-16)28-20-7-5-4-6-18(19)20/h4-11,14-15H,3,12-13H2,1-2H3,(H,27,33)(H,29,32). The van der Waals surface area contributed by atoms with E-state index in [0.717, 1.165) is 15.4 Å². The first kappa shape index (κ1) is 23.6. The third kappa shape index (κ3) is 5.16. The number of para-hydroxylation sites is 1. The molecule has 0 bridgehead atoms. The van der Waals surface area contributed by atoms with E-state index in [1.807, 2.05) is 55.5 Å². The van der Waals surface area contributed by atoms with Gasteiger partial charge in [-0.15, -0.1) is 0 Å². The van der Waals surface area contributed by atoms with Crippen LogP contribution in [0.25, 0.3) is 22.2 Å². The number of carbonyl (C=O) groups excluding carboxylic acids is 2. The zero-order valence-corrected chi connectivity index (χ0v) is 20.4. The smallest absolute Gasteiger partial charge is 0.274 e. The molecular weight excluding hydrogens is 498 g/mol.